The molecule has 0 bridgehead atoms. The molecule has 0 spiro atoms. The SMILES string of the molecule is CC1(C)c2ccccc2-n2cc3c4cc(-c5nc(-c6ccccc6)nc(-c6ccccc6)n5)ccc4n(-c4cc(-c5cc(-c6ccccc6)cc(-c6ccccc6)c5)cc(-c5cc(-c6ccccc6)cc(-c6ccccc6)c5)c4)c3c21. The zero-order chi connectivity index (χ0) is 54.0. The van der Waals surface area contributed by atoms with E-state index in [1.807, 2.05) is 36.4 Å². The molecule has 5 nitrogen and oxygen atoms in total. The number of hydrogen-bond donors (Lipinski definition) is 0. The number of benzene rings is 11. The summed E-state index contributed by atoms with van der Waals surface area (Å²) in [6, 6.07) is 101. The number of aromatic nitrogens is 5. The zero-order valence-electron chi connectivity index (χ0n) is 44.9. The quantitative estimate of drug-likeness (QED) is 0.137. The highest BCUT2D eigenvalue weighted by molar-refractivity contribution is 6.13. The molecule has 11 aromatic carbocycles. The second-order valence-corrected chi connectivity index (χ2v) is 21.7. The molecule has 0 radical (unpaired) electrons. The van der Waals surface area contributed by atoms with Crippen molar-refractivity contribution in [2.75, 3.05) is 0 Å². The first-order valence-corrected chi connectivity index (χ1v) is 27.7. The van der Waals surface area contributed by atoms with Crippen molar-refractivity contribution in [3.63, 3.8) is 0 Å². The summed E-state index contributed by atoms with van der Waals surface area (Å²) in [5, 5.41) is 2.27. The van der Waals surface area contributed by atoms with Gasteiger partial charge < -0.3 is 9.13 Å². The van der Waals surface area contributed by atoms with Gasteiger partial charge in [0.25, 0.3) is 0 Å². The van der Waals surface area contributed by atoms with E-state index in [0.717, 1.165) is 83.2 Å². The highest BCUT2D eigenvalue weighted by Gasteiger charge is 2.40. The lowest BCUT2D eigenvalue weighted by atomic mass is 9.83. The number of rotatable bonds is 10. The van der Waals surface area contributed by atoms with Gasteiger partial charge >= 0.3 is 0 Å². The van der Waals surface area contributed by atoms with Gasteiger partial charge in [-0.2, -0.15) is 0 Å². The van der Waals surface area contributed by atoms with Crippen LogP contribution < -0.4 is 0 Å². The maximum atomic E-state index is 5.23. The molecule has 0 amide bonds. The van der Waals surface area contributed by atoms with Gasteiger partial charge in [-0.1, -0.05) is 214 Å². The minimum absolute atomic E-state index is 0.333. The number of para-hydroxylation sites is 1. The molecular formula is C76H53N5. The van der Waals surface area contributed by atoms with Crippen LogP contribution in [-0.4, -0.2) is 24.1 Å². The molecule has 3 aromatic heterocycles. The van der Waals surface area contributed by atoms with E-state index < -0.39 is 0 Å². The summed E-state index contributed by atoms with van der Waals surface area (Å²) in [7, 11) is 0. The van der Waals surface area contributed by atoms with Crippen LogP contribution in [0.1, 0.15) is 25.1 Å². The number of fused-ring (bicyclic) bond motifs is 7. The van der Waals surface area contributed by atoms with Gasteiger partial charge in [-0.15, -0.1) is 0 Å². The first-order valence-electron chi connectivity index (χ1n) is 27.7. The molecule has 0 saturated heterocycles. The van der Waals surface area contributed by atoms with Crippen LogP contribution >= 0.6 is 0 Å². The fraction of sp³-hybridized carbons (Fsp3) is 0.0395. The molecular weight excluding hydrogens is 983 g/mol. The summed E-state index contributed by atoms with van der Waals surface area (Å²) < 4.78 is 4.99. The Hall–Kier alpha value is -10.5. The van der Waals surface area contributed by atoms with Crippen molar-refractivity contribution < 1.29 is 0 Å². The van der Waals surface area contributed by atoms with Gasteiger partial charge in [-0.25, -0.2) is 15.0 Å². The van der Waals surface area contributed by atoms with Gasteiger partial charge in [0.15, 0.2) is 17.5 Å². The molecule has 81 heavy (non-hydrogen) atoms. The van der Waals surface area contributed by atoms with Crippen LogP contribution in [0.25, 0.3) is 134 Å². The fourth-order valence-corrected chi connectivity index (χ4v) is 12.3. The number of hydrogen-bond acceptors (Lipinski definition) is 3. The Balaban J connectivity index is 1.02. The maximum absolute atomic E-state index is 5.23. The van der Waals surface area contributed by atoms with E-state index in [1.165, 1.54) is 44.7 Å². The van der Waals surface area contributed by atoms with E-state index in [1.54, 1.807) is 0 Å². The molecule has 15 rings (SSSR count). The monoisotopic (exact) mass is 1040 g/mol. The van der Waals surface area contributed by atoms with Crippen molar-refractivity contribution in [1.82, 2.24) is 24.1 Å². The highest BCUT2D eigenvalue weighted by atomic mass is 15.1. The summed E-state index contributed by atoms with van der Waals surface area (Å²) in [6.07, 6.45) is 2.37. The van der Waals surface area contributed by atoms with Crippen LogP contribution in [0.15, 0.2) is 285 Å². The third kappa shape index (κ3) is 8.46. The number of nitrogens with zero attached hydrogens (tertiary/aromatic N) is 5. The molecule has 14 aromatic rings. The van der Waals surface area contributed by atoms with Crippen molar-refractivity contribution in [3.8, 4) is 112 Å². The second-order valence-electron chi connectivity index (χ2n) is 21.7. The van der Waals surface area contributed by atoms with Gasteiger partial charge in [0.2, 0.25) is 0 Å². The molecule has 1 aliphatic rings. The predicted molar refractivity (Wildman–Crippen MR) is 335 cm³/mol. The molecule has 0 atom stereocenters. The molecule has 5 heteroatoms. The highest BCUT2D eigenvalue weighted by Crippen LogP contribution is 2.50. The molecule has 382 valence electrons. The van der Waals surface area contributed by atoms with Gasteiger partial charge in [-0.05, 0) is 151 Å². The molecule has 0 aliphatic carbocycles. The average Bonchev–Trinajstić information content (AvgIpc) is 2.50. The summed E-state index contributed by atoms with van der Waals surface area (Å²) >= 11 is 0. The Kier molecular flexibility index (Phi) is 11.5. The van der Waals surface area contributed by atoms with Gasteiger partial charge in [0.05, 0.1) is 16.7 Å². The lowest BCUT2D eigenvalue weighted by Crippen LogP contribution is -2.16. The molecule has 0 saturated carbocycles. The fourth-order valence-electron chi connectivity index (χ4n) is 12.3. The van der Waals surface area contributed by atoms with Crippen molar-refractivity contribution in [1.29, 1.82) is 0 Å². The van der Waals surface area contributed by atoms with E-state index in [2.05, 4.69) is 272 Å². The molecule has 1 aliphatic heterocycles. The molecule has 0 unspecified atom stereocenters. The standard InChI is InChI=1S/C76H53N5/c1-76(2)68-35-21-22-36-70(68)80-49-67-66-48-56(75-78-73(54-31-17-7-18-32-54)77-74(79-75)55-33-19-8-20-34-55)37-38-69(66)81(71(67)72(76)80)65-46-63(61-41-57(50-23-9-3-10-24-50)39-58(42-61)51-25-11-4-12-26-51)45-64(47-65)62-43-59(52-27-13-5-14-28-52)40-60(44-62)53-29-15-6-16-30-53/h3-49H,1-2H3. The topological polar surface area (TPSA) is 48.5 Å². The first-order chi connectivity index (χ1) is 39.9. The molecule has 0 N–H and O–H groups in total. The Labute approximate surface area is 471 Å². The summed E-state index contributed by atoms with van der Waals surface area (Å²) in [6.45, 7) is 4.75. The Morgan fingerprint density at radius 1 is 0.296 bits per heavy atom. The Morgan fingerprint density at radius 2 is 0.642 bits per heavy atom. The normalized spacial score (nSPS) is 12.4. The van der Waals surface area contributed by atoms with E-state index >= 15 is 0 Å². The predicted octanol–water partition coefficient (Wildman–Crippen LogP) is 19.4. The van der Waals surface area contributed by atoms with Gasteiger partial charge in [0, 0.05) is 50.4 Å². The van der Waals surface area contributed by atoms with Gasteiger partial charge in [0.1, 0.15) is 0 Å². The smallest absolute Gasteiger partial charge is 0.164 e. The average molecular weight is 1040 g/mol. The van der Waals surface area contributed by atoms with Crippen molar-refractivity contribution in [2.24, 2.45) is 0 Å². The van der Waals surface area contributed by atoms with Crippen molar-refractivity contribution >= 4 is 21.8 Å². The summed E-state index contributed by atoms with van der Waals surface area (Å²) in [5.74, 6) is 1.88. The lowest BCUT2D eigenvalue weighted by Gasteiger charge is -2.21. The van der Waals surface area contributed by atoms with Crippen LogP contribution in [-0.2, 0) is 5.41 Å². The van der Waals surface area contributed by atoms with Crippen LogP contribution in [0.2, 0.25) is 0 Å². The first kappa shape index (κ1) is 47.7. The third-order valence-electron chi connectivity index (χ3n) is 16.3. The molecule has 4 heterocycles. The van der Waals surface area contributed by atoms with Gasteiger partial charge in [-0.3, -0.25) is 0 Å². The minimum Gasteiger partial charge on any atom is -0.317 e. The van der Waals surface area contributed by atoms with E-state index in [9.17, 15) is 0 Å². The summed E-state index contributed by atoms with van der Waals surface area (Å²) in [4.78, 5) is 15.5. The van der Waals surface area contributed by atoms with Crippen LogP contribution in [0, 0.1) is 0 Å². The minimum atomic E-state index is -0.333. The third-order valence-corrected chi connectivity index (χ3v) is 16.3. The van der Waals surface area contributed by atoms with E-state index in [4.69, 9.17) is 15.0 Å². The largest absolute Gasteiger partial charge is 0.317 e. The Bertz CT molecular complexity index is 4360. The van der Waals surface area contributed by atoms with Crippen LogP contribution in [0.3, 0.4) is 0 Å². The maximum Gasteiger partial charge on any atom is 0.164 e. The van der Waals surface area contributed by atoms with Crippen molar-refractivity contribution in [3.05, 3.63) is 297 Å². The molecule has 0 fully saturated rings. The zero-order valence-corrected chi connectivity index (χ0v) is 44.9. The van der Waals surface area contributed by atoms with Crippen LogP contribution in [0.4, 0.5) is 0 Å². The van der Waals surface area contributed by atoms with Crippen LogP contribution in [0.5, 0.6) is 0 Å². The van der Waals surface area contributed by atoms with E-state index in [0.29, 0.717) is 17.5 Å². The van der Waals surface area contributed by atoms with E-state index in [-0.39, 0.29) is 5.41 Å². The lowest BCUT2D eigenvalue weighted by molar-refractivity contribution is 0.646. The second kappa shape index (κ2) is 19.5. The Morgan fingerprint density at radius 3 is 1.06 bits per heavy atom. The van der Waals surface area contributed by atoms with Crippen molar-refractivity contribution in [2.45, 2.75) is 19.3 Å². The summed E-state index contributed by atoms with van der Waals surface area (Å²) in [5.41, 5.74) is 23.3.